The minimum atomic E-state index is -4.62. The first-order valence-corrected chi connectivity index (χ1v) is 15.2. The van der Waals surface area contributed by atoms with Crippen LogP contribution in [0.15, 0.2) is 67.1 Å². The second kappa shape index (κ2) is 13.3. The summed E-state index contributed by atoms with van der Waals surface area (Å²) in [5.41, 5.74) is 2.73. The van der Waals surface area contributed by atoms with Gasteiger partial charge in [-0.2, -0.15) is 13.2 Å². The second-order valence-corrected chi connectivity index (χ2v) is 11.5. The van der Waals surface area contributed by atoms with Gasteiger partial charge in [0.2, 0.25) is 0 Å². The molecule has 0 bridgehead atoms. The lowest BCUT2D eigenvalue weighted by Gasteiger charge is -2.36. The van der Waals surface area contributed by atoms with Crippen LogP contribution in [0.3, 0.4) is 0 Å². The summed E-state index contributed by atoms with van der Waals surface area (Å²) in [5, 5.41) is 18.7. The number of β-amino-alcohol motifs (C(OH)–C–C–N with tert-alkyl or cyclic N) is 1. The van der Waals surface area contributed by atoms with E-state index in [1.165, 1.54) is 12.4 Å². The average Bonchev–Trinajstić information content (AvgIpc) is 3.87. The average molecular weight is 633 g/mol. The van der Waals surface area contributed by atoms with Crippen molar-refractivity contribution in [2.45, 2.75) is 32.0 Å². The highest BCUT2D eigenvalue weighted by atomic mass is 19.4. The summed E-state index contributed by atoms with van der Waals surface area (Å²) >= 11 is 0. The lowest BCUT2D eigenvalue weighted by molar-refractivity contribution is -0.137. The van der Waals surface area contributed by atoms with Crippen molar-refractivity contribution in [2.24, 2.45) is 0 Å². The van der Waals surface area contributed by atoms with Gasteiger partial charge in [-0.1, -0.05) is 6.07 Å². The van der Waals surface area contributed by atoms with Crippen LogP contribution in [0.1, 0.15) is 34.3 Å². The molecule has 46 heavy (non-hydrogen) atoms. The highest BCUT2D eigenvalue weighted by molar-refractivity contribution is 6.05. The normalized spacial score (nSPS) is 15.5. The number of carbonyl (C=O) groups excluding carboxylic acids is 1. The van der Waals surface area contributed by atoms with Crippen molar-refractivity contribution >= 4 is 34.6 Å². The van der Waals surface area contributed by atoms with E-state index in [9.17, 15) is 23.1 Å². The quantitative estimate of drug-likeness (QED) is 0.179. The van der Waals surface area contributed by atoms with E-state index < -0.39 is 17.6 Å². The second-order valence-electron chi connectivity index (χ2n) is 11.5. The summed E-state index contributed by atoms with van der Waals surface area (Å²) in [4.78, 5) is 30.6. The minimum absolute atomic E-state index is 0.0218. The Hall–Kier alpha value is -4.75. The number of aryl methyl sites for hydroxylation is 1. The molecule has 3 heterocycles. The number of anilines is 5. The number of benzene rings is 2. The number of aromatic nitrogens is 3. The van der Waals surface area contributed by atoms with Gasteiger partial charge in [-0.05, 0) is 67.8 Å². The number of nitrogens with one attached hydrogen (secondary N) is 3. The fourth-order valence-electron chi connectivity index (χ4n) is 5.36. The molecular weight excluding hydrogens is 597 g/mol. The zero-order chi connectivity index (χ0) is 32.3. The van der Waals surface area contributed by atoms with Crippen molar-refractivity contribution in [3.05, 3.63) is 83.8 Å². The van der Waals surface area contributed by atoms with Crippen LogP contribution < -0.4 is 20.9 Å². The molecule has 2 fully saturated rings. The molecule has 1 aliphatic carbocycles. The number of hydrogen-bond donors (Lipinski definition) is 4. The molecule has 0 radical (unpaired) electrons. The number of amides is 1. The van der Waals surface area contributed by atoms with Crippen molar-refractivity contribution in [3.8, 4) is 11.3 Å². The summed E-state index contributed by atoms with van der Waals surface area (Å²) < 4.78 is 41.7. The molecule has 13 heteroatoms. The largest absolute Gasteiger partial charge is 0.416 e. The Labute approximate surface area is 264 Å². The predicted molar refractivity (Wildman–Crippen MR) is 172 cm³/mol. The highest BCUT2D eigenvalue weighted by Gasteiger charge is 2.33. The van der Waals surface area contributed by atoms with Crippen LogP contribution in [-0.2, 0) is 6.18 Å². The van der Waals surface area contributed by atoms with Crippen LogP contribution in [0.5, 0.6) is 0 Å². The molecule has 0 atom stereocenters. The van der Waals surface area contributed by atoms with Gasteiger partial charge < -0.3 is 26.0 Å². The zero-order valence-electron chi connectivity index (χ0n) is 25.3. The van der Waals surface area contributed by atoms with Gasteiger partial charge in [-0.25, -0.2) is 15.0 Å². The SMILES string of the molecule is Cc1ccc(NC(=O)c2cc(N3CCN(CCO)CC3)cc(C(F)(F)F)c2)cc1Nc1ncccc1-c1cc(NC2CC2)ncn1. The van der Waals surface area contributed by atoms with Crippen LogP contribution in [0, 0.1) is 6.92 Å². The first kappa shape index (κ1) is 31.2. The van der Waals surface area contributed by atoms with Crippen LogP contribution in [0.4, 0.5) is 41.9 Å². The Bertz CT molecular complexity index is 1700. The number of hydrogen-bond acceptors (Lipinski definition) is 9. The van der Waals surface area contributed by atoms with Crippen molar-refractivity contribution in [1.82, 2.24) is 19.9 Å². The van der Waals surface area contributed by atoms with Gasteiger partial charge in [0.25, 0.3) is 5.91 Å². The van der Waals surface area contributed by atoms with E-state index in [4.69, 9.17) is 0 Å². The Morgan fingerprint density at radius 1 is 1.00 bits per heavy atom. The summed E-state index contributed by atoms with van der Waals surface area (Å²) in [5.74, 6) is 0.632. The molecule has 10 nitrogen and oxygen atoms in total. The third kappa shape index (κ3) is 7.54. The summed E-state index contributed by atoms with van der Waals surface area (Å²) in [6.07, 6.45) is 0.778. The maximum Gasteiger partial charge on any atom is 0.416 e. The van der Waals surface area contributed by atoms with Crippen LogP contribution in [0.2, 0.25) is 0 Å². The molecule has 1 saturated carbocycles. The lowest BCUT2D eigenvalue weighted by atomic mass is 10.1. The standard InChI is InChI=1S/C33H35F3N8O2/c1-21-4-5-25(18-28(21)42-31-27(3-2-8-37-31)29-19-30(39-20-38-29)40-24-6-7-24)41-32(46)22-15-23(33(34,35)36)17-26(16-22)44-11-9-43(10-12-44)13-14-45/h2-5,8,15-20,24,45H,6-7,9-14H2,1H3,(H,37,42)(H,41,46)(H,38,39,40). The molecule has 4 aromatic rings. The number of carbonyl (C=O) groups is 1. The first-order chi connectivity index (χ1) is 22.2. The minimum Gasteiger partial charge on any atom is -0.395 e. The number of rotatable bonds is 10. The third-order valence-electron chi connectivity index (χ3n) is 8.09. The monoisotopic (exact) mass is 632 g/mol. The molecule has 240 valence electrons. The number of alkyl halides is 3. The van der Waals surface area contributed by atoms with Crippen molar-refractivity contribution in [2.75, 3.05) is 60.2 Å². The van der Waals surface area contributed by atoms with Crippen molar-refractivity contribution in [3.63, 3.8) is 0 Å². The number of piperazine rings is 1. The first-order valence-electron chi connectivity index (χ1n) is 15.2. The van der Waals surface area contributed by atoms with E-state index >= 15 is 0 Å². The van der Waals surface area contributed by atoms with Gasteiger partial charge >= 0.3 is 6.18 Å². The van der Waals surface area contributed by atoms with E-state index in [0.717, 1.165) is 41.9 Å². The predicted octanol–water partition coefficient (Wildman–Crippen LogP) is 5.55. The Morgan fingerprint density at radius 2 is 1.80 bits per heavy atom. The number of aliphatic hydroxyl groups is 1. The Balaban J connectivity index is 1.22. The smallest absolute Gasteiger partial charge is 0.395 e. The van der Waals surface area contributed by atoms with Gasteiger partial charge in [-0.3, -0.25) is 9.69 Å². The Morgan fingerprint density at radius 3 is 2.54 bits per heavy atom. The van der Waals surface area contributed by atoms with E-state index in [1.807, 2.05) is 41.0 Å². The van der Waals surface area contributed by atoms with Gasteiger partial charge in [-0.15, -0.1) is 0 Å². The van der Waals surface area contributed by atoms with Gasteiger partial charge in [0, 0.05) is 79.2 Å². The Kier molecular flexibility index (Phi) is 9.04. The summed E-state index contributed by atoms with van der Waals surface area (Å²) in [6, 6.07) is 14.7. The summed E-state index contributed by atoms with van der Waals surface area (Å²) in [6.45, 7) is 4.61. The molecular formula is C33H35F3N8O2. The van der Waals surface area contributed by atoms with Gasteiger partial charge in [0.15, 0.2) is 0 Å². The zero-order valence-corrected chi connectivity index (χ0v) is 25.3. The van der Waals surface area contributed by atoms with Crippen LogP contribution >= 0.6 is 0 Å². The van der Waals surface area contributed by atoms with Gasteiger partial charge in [0.05, 0.1) is 17.9 Å². The van der Waals surface area contributed by atoms with Gasteiger partial charge in [0.1, 0.15) is 18.0 Å². The molecule has 6 rings (SSSR count). The van der Waals surface area contributed by atoms with E-state index in [0.29, 0.717) is 67.3 Å². The molecule has 0 unspecified atom stereocenters. The molecule has 2 aliphatic rings. The molecule has 2 aromatic heterocycles. The number of halogens is 3. The van der Waals surface area contributed by atoms with E-state index in [2.05, 4.69) is 30.9 Å². The maximum atomic E-state index is 13.9. The highest BCUT2D eigenvalue weighted by Crippen LogP contribution is 2.35. The molecule has 2 aromatic carbocycles. The third-order valence-corrected chi connectivity index (χ3v) is 8.09. The molecule has 0 spiro atoms. The molecule has 4 N–H and O–H groups in total. The van der Waals surface area contributed by atoms with Crippen LogP contribution in [-0.4, -0.2) is 76.2 Å². The van der Waals surface area contributed by atoms with Crippen molar-refractivity contribution in [1.29, 1.82) is 0 Å². The number of pyridine rings is 1. The maximum absolute atomic E-state index is 13.9. The van der Waals surface area contributed by atoms with Crippen molar-refractivity contribution < 1.29 is 23.1 Å². The fraction of sp³-hybridized carbons (Fsp3) is 0.333. The number of nitrogens with zero attached hydrogens (tertiary/aromatic N) is 5. The number of aliphatic hydroxyl groups excluding tert-OH is 1. The summed E-state index contributed by atoms with van der Waals surface area (Å²) in [7, 11) is 0. The molecule has 1 aliphatic heterocycles. The topological polar surface area (TPSA) is 119 Å². The van der Waals surface area contributed by atoms with E-state index in [1.54, 1.807) is 18.3 Å². The lowest BCUT2D eigenvalue weighted by Crippen LogP contribution is -2.47. The van der Waals surface area contributed by atoms with E-state index in [-0.39, 0.29) is 12.2 Å². The fourth-order valence-corrected chi connectivity index (χ4v) is 5.36. The molecule has 1 saturated heterocycles. The molecule has 1 amide bonds. The van der Waals surface area contributed by atoms with Crippen LogP contribution in [0.25, 0.3) is 11.3 Å².